The quantitative estimate of drug-likeness (QED) is 0.735. The number of hydrogen-bond donors (Lipinski definition) is 1. The van der Waals surface area contributed by atoms with Gasteiger partial charge < -0.3 is 9.84 Å². The van der Waals surface area contributed by atoms with Crippen LogP contribution in [0.25, 0.3) is 0 Å². The van der Waals surface area contributed by atoms with Crippen molar-refractivity contribution in [3.05, 3.63) is 17.0 Å². The smallest absolute Gasteiger partial charge is 0.144 e. The maximum absolute atomic E-state index is 5.49. The molecule has 0 saturated carbocycles. The summed E-state index contributed by atoms with van der Waals surface area (Å²) in [6, 6.07) is 0. The molecule has 1 atom stereocenters. The highest BCUT2D eigenvalue weighted by molar-refractivity contribution is 5.30. The highest BCUT2D eigenvalue weighted by atomic mass is 16.5. The molecule has 1 aromatic heterocycles. The minimum atomic E-state index is 0.582. The molecule has 3 heteroatoms. The summed E-state index contributed by atoms with van der Waals surface area (Å²) >= 11 is 0. The molecule has 1 fully saturated rings. The predicted molar refractivity (Wildman–Crippen MR) is 53.4 cm³/mol. The molecular weight excluding hydrogens is 176 g/mol. The predicted octanol–water partition coefficient (Wildman–Crippen LogP) is 1.63. The summed E-state index contributed by atoms with van der Waals surface area (Å²) in [4.78, 5) is 0. The fourth-order valence-corrected chi connectivity index (χ4v) is 2.65. The highest BCUT2D eigenvalue weighted by Crippen LogP contribution is 2.32. The molecule has 1 saturated heterocycles. The molecule has 2 heterocycles. The molecule has 1 aliphatic carbocycles. The zero-order chi connectivity index (χ0) is 9.38. The lowest BCUT2D eigenvalue weighted by molar-refractivity contribution is 0.322. The minimum Gasteiger partial charge on any atom is -0.360 e. The summed E-state index contributed by atoms with van der Waals surface area (Å²) in [5, 5.41) is 7.60. The van der Waals surface area contributed by atoms with Crippen LogP contribution in [0.5, 0.6) is 0 Å². The largest absolute Gasteiger partial charge is 0.360 e. The van der Waals surface area contributed by atoms with Crippen LogP contribution in [0.4, 0.5) is 0 Å². The first-order valence-electron chi connectivity index (χ1n) is 5.63. The van der Waals surface area contributed by atoms with Gasteiger partial charge in [0.05, 0.1) is 5.69 Å². The van der Waals surface area contributed by atoms with Crippen LogP contribution in [0.15, 0.2) is 4.52 Å². The average molecular weight is 192 g/mol. The Bertz CT molecular complexity index is 326. The zero-order valence-electron chi connectivity index (χ0n) is 8.38. The van der Waals surface area contributed by atoms with E-state index in [9.17, 15) is 0 Å². The molecule has 0 spiro atoms. The van der Waals surface area contributed by atoms with E-state index in [1.807, 2.05) is 0 Å². The van der Waals surface area contributed by atoms with Gasteiger partial charge in [0.15, 0.2) is 0 Å². The molecule has 0 bridgehead atoms. The van der Waals surface area contributed by atoms with Gasteiger partial charge >= 0.3 is 0 Å². The molecule has 0 radical (unpaired) electrons. The molecular formula is C11H16N2O. The summed E-state index contributed by atoms with van der Waals surface area (Å²) in [5.41, 5.74) is 2.66. The fraction of sp³-hybridized carbons (Fsp3) is 0.727. The topological polar surface area (TPSA) is 38.1 Å². The van der Waals surface area contributed by atoms with Gasteiger partial charge in [-0.2, -0.15) is 0 Å². The normalized spacial score (nSPS) is 26.4. The summed E-state index contributed by atoms with van der Waals surface area (Å²) in [7, 11) is 0. The number of fused-ring (bicyclic) bond motifs is 1. The van der Waals surface area contributed by atoms with Gasteiger partial charge in [0, 0.05) is 18.0 Å². The van der Waals surface area contributed by atoms with Crippen LogP contribution < -0.4 is 5.32 Å². The standard InChI is InChI=1S/C11H16N2O/c1-4-9-10(5-1)13-14-11(9)8-3-2-6-12-7-8/h8,12H,1-7H2. The Morgan fingerprint density at radius 3 is 3.14 bits per heavy atom. The van der Waals surface area contributed by atoms with E-state index in [0.717, 1.165) is 19.5 Å². The van der Waals surface area contributed by atoms with E-state index >= 15 is 0 Å². The van der Waals surface area contributed by atoms with Gasteiger partial charge in [0.1, 0.15) is 5.76 Å². The van der Waals surface area contributed by atoms with Gasteiger partial charge in [-0.05, 0) is 38.6 Å². The number of aryl methyl sites for hydroxylation is 1. The minimum absolute atomic E-state index is 0.582. The molecule has 1 aliphatic heterocycles. The van der Waals surface area contributed by atoms with Gasteiger partial charge in [0.25, 0.3) is 0 Å². The highest BCUT2D eigenvalue weighted by Gasteiger charge is 2.27. The van der Waals surface area contributed by atoms with E-state index in [1.165, 1.54) is 42.7 Å². The lowest BCUT2D eigenvalue weighted by atomic mass is 9.94. The second-order valence-electron chi connectivity index (χ2n) is 4.37. The van der Waals surface area contributed by atoms with Gasteiger partial charge in [-0.15, -0.1) is 0 Å². The maximum atomic E-state index is 5.49. The van der Waals surface area contributed by atoms with Crippen molar-refractivity contribution in [2.45, 2.75) is 38.0 Å². The van der Waals surface area contributed by atoms with Crippen molar-refractivity contribution in [3.63, 3.8) is 0 Å². The van der Waals surface area contributed by atoms with Crippen LogP contribution in [0.2, 0.25) is 0 Å². The van der Waals surface area contributed by atoms with Crippen molar-refractivity contribution in [1.82, 2.24) is 10.5 Å². The number of nitrogens with zero attached hydrogens (tertiary/aromatic N) is 1. The van der Waals surface area contributed by atoms with Crippen LogP contribution in [-0.4, -0.2) is 18.2 Å². The third kappa shape index (κ3) is 1.27. The number of piperidine rings is 1. The van der Waals surface area contributed by atoms with Crippen molar-refractivity contribution >= 4 is 0 Å². The van der Waals surface area contributed by atoms with E-state index in [-0.39, 0.29) is 0 Å². The molecule has 3 nitrogen and oxygen atoms in total. The van der Waals surface area contributed by atoms with E-state index in [2.05, 4.69) is 10.5 Å². The van der Waals surface area contributed by atoms with Crippen molar-refractivity contribution in [3.8, 4) is 0 Å². The molecule has 2 aliphatic rings. The Morgan fingerprint density at radius 2 is 2.29 bits per heavy atom. The van der Waals surface area contributed by atoms with Gasteiger partial charge in [-0.3, -0.25) is 0 Å². The summed E-state index contributed by atoms with van der Waals surface area (Å²) in [6.45, 7) is 2.23. The van der Waals surface area contributed by atoms with E-state index in [4.69, 9.17) is 4.52 Å². The first-order valence-corrected chi connectivity index (χ1v) is 5.63. The molecule has 14 heavy (non-hydrogen) atoms. The summed E-state index contributed by atoms with van der Waals surface area (Å²) < 4.78 is 5.49. The second kappa shape index (κ2) is 3.39. The first kappa shape index (κ1) is 8.48. The van der Waals surface area contributed by atoms with Gasteiger partial charge in [-0.25, -0.2) is 0 Å². The van der Waals surface area contributed by atoms with Crippen LogP contribution >= 0.6 is 0 Å². The Balaban J connectivity index is 1.88. The SMILES string of the molecule is C1Cc2noc(C3CCCNC3)c2C1. The third-order valence-electron chi connectivity index (χ3n) is 3.41. The molecule has 3 rings (SSSR count). The number of rotatable bonds is 1. The van der Waals surface area contributed by atoms with Crippen LogP contribution in [-0.2, 0) is 12.8 Å². The maximum Gasteiger partial charge on any atom is 0.144 e. The van der Waals surface area contributed by atoms with Gasteiger partial charge in [-0.1, -0.05) is 5.16 Å². The number of hydrogen-bond acceptors (Lipinski definition) is 3. The Labute approximate surface area is 83.9 Å². The lowest BCUT2D eigenvalue weighted by Crippen LogP contribution is -2.28. The Hall–Kier alpha value is -0.830. The third-order valence-corrected chi connectivity index (χ3v) is 3.41. The van der Waals surface area contributed by atoms with Crippen molar-refractivity contribution < 1.29 is 4.52 Å². The van der Waals surface area contributed by atoms with E-state index < -0.39 is 0 Å². The number of nitrogens with one attached hydrogen (secondary N) is 1. The van der Waals surface area contributed by atoms with Crippen LogP contribution in [0.1, 0.15) is 42.2 Å². The molecule has 0 amide bonds. The van der Waals surface area contributed by atoms with E-state index in [1.54, 1.807) is 0 Å². The molecule has 1 N–H and O–H groups in total. The van der Waals surface area contributed by atoms with Crippen molar-refractivity contribution in [1.29, 1.82) is 0 Å². The van der Waals surface area contributed by atoms with Gasteiger partial charge in [0.2, 0.25) is 0 Å². The summed E-state index contributed by atoms with van der Waals surface area (Å²) in [5.74, 6) is 1.77. The average Bonchev–Trinajstić information content (AvgIpc) is 2.79. The van der Waals surface area contributed by atoms with E-state index in [0.29, 0.717) is 5.92 Å². The number of aromatic nitrogens is 1. The van der Waals surface area contributed by atoms with Crippen molar-refractivity contribution in [2.75, 3.05) is 13.1 Å². The molecule has 76 valence electrons. The molecule has 1 unspecified atom stereocenters. The fourth-order valence-electron chi connectivity index (χ4n) is 2.65. The molecule has 0 aromatic carbocycles. The van der Waals surface area contributed by atoms with Crippen molar-refractivity contribution in [2.24, 2.45) is 0 Å². The van der Waals surface area contributed by atoms with Crippen LogP contribution in [0, 0.1) is 0 Å². The Morgan fingerprint density at radius 1 is 1.29 bits per heavy atom. The monoisotopic (exact) mass is 192 g/mol. The van der Waals surface area contributed by atoms with Crippen LogP contribution in [0.3, 0.4) is 0 Å². The second-order valence-corrected chi connectivity index (χ2v) is 4.37. The molecule has 1 aromatic rings. The first-order chi connectivity index (χ1) is 6.95. The zero-order valence-corrected chi connectivity index (χ0v) is 8.38. The Kier molecular flexibility index (Phi) is 2.05. The summed E-state index contributed by atoms with van der Waals surface area (Å²) in [6.07, 6.45) is 6.10. The lowest BCUT2D eigenvalue weighted by Gasteiger charge is -2.20.